The molecule has 2 rings (SSSR count). The van der Waals surface area contributed by atoms with Crippen LogP contribution in [0.2, 0.25) is 5.02 Å². The summed E-state index contributed by atoms with van der Waals surface area (Å²) in [7, 11) is 2.96. The summed E-state index contributed by atoms with van der Waals surface area (Å²) >= 11 is 6.04. The molecule has 1 aromatic heterocycles. The highest BCUT2D eigenvalue weighted by Gasteiger charge is 2.15. The number of nitrogens with zero attached hydrogens (tertiary/aromatic N) is 1. The second-order valence-electron chi connectivity index (χ2n) is 3.05. The van der Waals surface area contributed by atoms with Gasteiger partial charge in [-0.1, -0.05) is 11.6 Å². The number of benzene rings is 1. The molecule has 0 amide bonds. The number of nitrogens with one attached hydrogen (secondary N) is 1. The quantitative estimate of drug-likeness (QED) is 0.866. The van der Waals surface area contributed by atoms with Gasteiger partial charge in [-0.2, -0.15) is 0 Å². The first kappa shape index (κ1) is 10.8. The first-order valence-electron chi connectivity index (χ1n) is 4.47. The van der Waals surface area contributed by atoms with E-state index in [9.17, 15) is 4.79 Å². The lowest BCUT2D eigenvalue weighted by Crippen LogP contribution is -2.08. The van der Waals surface area contributed by atoms with Crippen molar-refractivity contribution in [1.29, 1.82) is 0 Å². The Morgan fingerprint density at radius 2 is 2.00 bits per heavy atom. The van der Waals surface area contributed by atoms with Gasteiger partial charge in [0.05, 0.1) is 31.0 Å². The van der Waals surface area contributed by atoms with Gasteiger partial charge in [0, 0.05) is 6.07 Å². The van der Waals surface area contributed by atoms with Crippen LogP contribution >= 0.6 is 11.6 Å². The van der Waals surface area contributed by atoms with Crippen LogP contribution in [-0.2, 0) is 0 Å². The molecular weight excluding hydrogens is 232 g/mol. The number of aromatic nitrogens is 2. The number of rotatable bonds is 2. The summed E-state index contributed by atoms with van der Waals surface area (Å²) < 4.78 is 10.2. The van der Waals surface area contributed by atoms with Gasteiger partial charge < -0.3 is 14.5 Å². The van der Waals surface area contributed by atoms with Gasteiger partial charge in [-0.15, -0.1) is 0 Å². The molecule has 0 radical (unpaired) electrons. The van der Waals surface area contributed by atoms with E-state index in [1.807, 2.05) is 0 Å². The molecule has 0 atom stereocenters. The van der Waals surface area contributed by atoms with Crippen molar-refractivity contribution in [2.24, 2.45) is 0 Å². The summed E-state index contributed by atoms with van der Waals surface area (Å²) in [6.45, 7) is 0. The van der Waals surface area contributed by atoms with Gasteiger partial charge in [-0.3, -0.25) is 4.79 Å². The Morgan fingerprint density at radius 3 is 2.62 bits per heavy atom. The maximum absolute atomic E-state index is 11.6. The van der Waals surface area contributed by atoms with Crippen LogP contribution in [0.4, 0.5) is 0 Å². The van der Waals surface area contributed by atoms with E-state index < -0.39 is 0 Å². The smallest absolute Gasteiger partial charge is 0.260 e. The van der Waals surface area contributed by atoms with Crippen LogP contribution < -0.4 is 15.0 Å². The van der Waals surface area contributed by atoms with Crippen molar-refractivity contribution in [2.45, 2.75) is 0 Å². The molecule has 0 spiro atoms. The molecular formula is C10H9ClN2O3. The first-order valence-corrected chi connectivity index (χ1v) is 4.84. The minimum Gasteiger partial charge on any atom is -0.495 e. The van der Waals surface area contributed by atoms with Crippen LogP contribution in [-0.4, -0.2) is 24.2 Å². The number of ether oxygens (including phenoxy) is 2. The summed E-state index contributed by atoms with van der Waals surface area (Å²) in [5.74, 6) is 0.826. The Morgan fingerprint density at radius 1 is 1.31 bits per heavy atom. The maximum Gasteiger partial charge on any atom is 0.260 e. The van der Waals surface area contributed by atoms with E-state index in [4.69, 9.17) is 21.1 Å². The highest BCUT2D eigenvalue weighted by Crippen LogP contribution is 2.35. The first-order chi connectivity index (χ1) is 7.69. The van der Waals surface area contributed by atoms with E-state index in [0.29, 0.717) is 17.0 Å². The second-order valence-corrected chi connectivity index (χ2v) is 3.43. The molecule has 0 fully saturated rings. The van der Waals surface area contributed by atoms with E-state index in [-0.39, 0.29) is 16.0 Å². The Labute approximate surface area is 96.0 Å². The van der Waals surface area contributed by atoms with E-state index in [1.165, 1.54) is 20.5 Å². The molecule has 5 nitrogen and oxygen atoms in total. The second kappa shape index (κ2) is 4.02. The monoisotopic (exact) mass is 240 g/mol. The van der Waals surface area contributed by atoms with E-state index in [2.05, 4.69) is 9.97 Å². The highest BCUT2D eigenvalue weighted by molar-refractivity contribution is 6.37. The SMILES string of the molecule is COc1cc(OC)c2nc[nH]c(=O)c2c1Cl. The third-order valence-electron chi connectivity index (χ3n) is 2.22. The molecule has 16 heavy (non-hydrogen) atoms. The summed E-state index contributed by atoms with van der Waals surface area (Å²) in [5.41, 5.74) is 0.0873. The largest absolute Gasteiger partial charge is 0.495 e. The third-order valence-corrected chi connectivity index (χ3v) is 2.60. The normalized spacial score (nSPS) is 10.4. The van der Waals surface area contributed by atoms with Gasteiger partial charge in [0.2, 0.25) is 0 Å². The van der Waals surface area contributed by atoms with Gasteiger partial charge in [-0.05, 0) is 0 Å². The fraction of sp³-hybridized carbons (Fsp3) is 0.200. The number of methoxy groups -OCH3 is 2. The molecule has 2 aromatic rings. The Balaban J connectivity index is 2.97. The number of hydrogen-bond acceptors (Lipinski definition) is 4. The predicted octanol–water partition coefficient (Wildman–Crippen LogP) is 1.59. The molecule has 0 aliphatic heterocycles. The lowest BCUT2D eigenvalue weighted by molar-refractivity contribution is 0.397. The minimum atomic E-state index is -0.327. The fourth-order valence-corrected chi connectivity index (χ4v) is 1.78. The maximum atomic E-state index is 11.6. The number of halogens is 1. The Kier molecular flexibility index (Phi) is 2.70. The van der Waals surface area contributed by atoms with Crippen molar-refractivity contribution in [3.05, 3.63) is 27.8 Å². The van der Waals surface area contributed by atoms with Gasteiger partial charge in [0.1, 0.15) is 17.0 Å². The summed E-state index contributed by atoms with van der Waals surface area (Å²) in [5, 5.41) is 0.494. The minimum absolute atomic E-state index is 0.229. The molecule has 0 saturated carbocycles. The fourth-order valence-electron chi connectivity index (χ4n) is 1.47. The Hall–Kier alpha value is -1.75. The van der Waals surface area contributed by atoms with Gasteiger partial charge >= 0.3 is 0 Å². The summed E-state index contributed by atoms with van der Waals surface area (Å²) in [6, 6.07) is 1.59. The summed E-state index contributed by atoms with van der Waals surface area (Å²) in [6.07, 6.45) is 1.30. The lowest BCUT2D eigenvalue weighted by Gasteiger charge is -2.09. The molecule has 0 bridgehead atoms. The molecule has 0 aliphatic rings. The van der Waals surface area contributed by atoms with Crippen LogP contribution in [0.1, 0.15) is 0 Å². The number of aromatic amines is 1. The van der Waals surface area contributed by atoms with Crippen molar-refractivity contribution in [3.63, 3.8) is 0 Å². The molecule has 0 saturated heterocycles. The number of hydrogen-bond donors (Lipinski definition) is 1. The zero-order chi connectivity index (χ0) is 11.7. The molecule has 84 valence electrons. The van der Waals surface area contributed by atoms with E-state index >= 15 is 0 Å². The summed E-state index contributed by atoms with van der Waals surface area (Å²) in [4.78, 5) is 18.1. The van der Waals surface area contributed by atoms with Crippen LogP contribution in [0.3, 0.4) is 0 Å². The highest BCUT2D eigenvalue weighted by atomic mass is 35.5. The van der Waals surface area contributed by atoms with Crippen molar-refractivity contribution in [3.8, 4) is 11.5 Å². The van der Waals surface area contributed by atoms with Gasteiger partial charge in [0.25, 0.3) is 5.56 Å². The predicted molar refractivity (Wildman–Crippen MR) is 60.5 cm³/mol. The third kappa shape index (κ3) is 1.49. The number of H-pyrrole nitrogens is 1. The van der Waals surface area contributed by atoms with Crippen LogP contribution in [0.15, 0.2) is 17.2 Å². The van der Waals surface area contributed by atoms with Crippen LogP contribution in [0.5, 0.6) is 11.5 Å². The van der Waals surface area contributed by atoms with Crippen molar-refractivity contribution in [2.75, 3.05) is 14.2 Å². The van der Waals surface area contributed by atoms with Crippen molar-refractivity contribution < 1.29 is 9.47 Å². The molecule has 0 unspecified atom stereocenters. The average molecular weight is 241 g/mol. The van der Waals surface area contributed by atoms with Crippen molar-refractivity contribution in [1.82, 2.24) is 9.97 Å². The molecule has 1 N–H and O–H groups in total. The molecule has 1 heterocycles. The van der Waals surface area contributed by atoms with E-state index in [0.717, 1.165) is 0 Å². The van der Waals surface area contributed by atoms with Gasteiger partial charge in [0.15, 0.2) is 0 Å². The van der Waals surface area contributed by atoms with Crippen molar-refractivity contribution >= 4 is 22.5 Å². The van der Waals surface area contributed by atoms with Crippen LogP contribution in [0.25, 0.3) is 10.9 Å². The number of fused-ring (bicyclic) bond motifs is 1. The standard InChI is InChI=1S/C10H9ClN2O3/c1-15-5-3-6(16-2)9-7(8(5)11)10(14)13-4-12-9/h3-4H,1-2H3,(H,12,13,14). The molecule has 1 aromatic carbocycles. The van der Waals surface area contributed by atoms with E-state index in [1.54, 1.807) is 6.07 Å². The Bertz CT molecular complexity index is 594. The molecule has 6 heteroatoms. The lowest BCUT2D eigenvalue weighted by atomic mass is 10.2. The van der Waals surface area contributed by atoms with Gasteiger partial charge in [-0.25, -0.2) is 4.98 Å². The molecule has 0 aliphatic carbocycles. The topological polar surface area (TPSA) is 64.2 Å². The average Bonchev–Trinajstić information content (AvgIpc) is 2.30. The van der Waals surface area contributed by atoms with Crippen LogP contribution in [0, 0.1) is 0 Å². The zero-order valence-electron chi connectivity index (χ0n) is 8.70. The zero-order valence-corrected chi connectivity index (χ0v) is 9.46.